The maximum Gasteiger partial charge on any atom is 0.341 e. The third-order valence-electron chi connectivity index (χ3n) is 6.22. The molecule has 1 saturated carbocycles. The molecule has 1 aromatic rings. The fraction of sp³-hybridized carbons (Fsp3) is 0.800. The zero-order valence-corrected chi connectivity index (χ0v) is 17.7. The molecule has 3 heterocycles. The topological polar surface area (TPSA) is 98.0 Å². The molecule has 9 nitrogen and oxygen atoms in total. The molecule has 0 radical (unpaired) electrons. The summed E-state index contributed by atoms with van der Waals surface area (Å²) in [6, 6.07) is -0.806. The number of nitrogens with two attached hydrogens (primary N) is 1. The van der Waals surface area contributed by atoms with Crippen molar-refractivity contribution in [2.75, 3.05) is 56.3 Å². The first-order valence-electron chi connectivity index (χ1n) is 10.9. The van der Waals surface area contributed by atoms with E-state index < -0.39 is 6.03 Å². The molecule has 3 N–H and O–H groups in total. The van der Waals surface area contributed by atoms with E-state index in [4.69, 9.17) is 19.9 Å². The minimum atomic E-state index is -1.13. The largest absolute Gasteiger partial charge is 0.460 e. The van der Waals surface area contributed by atoms with Gasteiger partial charge in [0.2, 0.25) is 0 Å². The van der Waals surface area contributed by atoms with Gasteiger partial charge in [0.15, 0.2) is 11.6 Å². The number of fused-ring (bicyclic) bond motifs is 1. The number of nitrogens with one attached hydrogen (secondary N) is 1. The number of methoxy groups -OCH3 is 2. The van der Waals surface area contributed by atoms with E-state index in [0.717, 1.165) is 38.8 Å². The third-order valence-corrected chi connectivity index (χ3v) is 6.22. The first-order chi connectivity index (χ1) is 14.1. The molecule has 162 valence electrons. The van der Waals surface area contributed by atoms with Crippen LogP contribution in [-0.4, -0.2) is 67.4 Å². The molecule has 0 spiro atoms. The molecule has 3 aliphatic rings. The van der Waals surface area contributed by atoms with Crippen molar-refractivity contribution in [1.29, 1.82) is 0 Å². The molecule has 0 aromatic carbocycles. The van der Waals surface area contributed by atoms with Crippen molar-refractivity contribution in [3.8, 4) is 6.01 Å². The van der Waals surface area contributed by atoms with Crippen LogP contribution in [0.15, 0.2) is 0 Å². The number of likely N-dealkylation sites (tertiary alicyclic amines) is 1. The van der Waals surface area contributed by atoms with Crippen molar-refractivity contribution < 1.29 is 14.2 Å². The molecule has 1 saturated heterocycles. The molecule has 1 aliphatic carbocycles. The molecule has 9 heteroatoms. The molecular weight excluding hydrogens is 372 g/mol. The van der Waals surface area contributed by atoms with Crippen LogP contribution in [-0.2, 0) is 9.47 Å². The lowest BCUT2D eigenvalue weighted by Gasteiger charge is -2.35. The summed E-state index contributed by atoms with van der Waals surface area (Å²) in [6.07, 6.45) is 9.57. The number of nitrogen functional groups attached to an aromatic ring is 1. The Bertz CT molecular complexity index is 689. The monoisotopic (exact) mass is 406 g/mol. The zero-order valence-electron chi connectivity index (χ0n) is 17.7. The molecule has 0 unspecified atom stereocenters. The van der Waals surface area contributed by atoms with Crippen LogP contribution >= 0.6 is 0 Å². The van der Waals surface area contributed by atoms with E-state index in [1.54, 1.807) is 14.2 Å². The Morgan fingerprint density at radius 3 is 2.41 bits per heavy atom. The Morgan fingerprint density at radius 1 is 1.03 bits per heavy atom. The van der Waals surface area contributed by atoms with Gasteiger partial charge in [-0.15, -0.1) is 0 Å². The van der Waals surface area contributed by atoms with Crippen molar-refractivity contribution in [1.82, 2.24) is 14.9 Å². The van der Waals surface area contributed by atoms with Crippen LogP contribution in [0.25, 0.3) is 0 Å². The normalized spacial score (nSPS) is 21.5. The van der Waals surface area contributed by atoms with Gasteiger partial charge in [-0.05, 0) is 64.6 Å². The van der Waals surface area contributed by atoms with E-state index in [2.05, 4.69) is 20.2 Å². The highest BCUT2D eigenvalue weighted by Crippen LogP contribution is 2.43. The summed E-state index contributed by atoms with van der Waals surface area (Å²) in [5.41, 5.74) is 6.85. The van der Waals surface area contributed by atoms with Gasteiger partial charge >= 0.3 is 12.0 Å². The van der Waals surface area contributed by atoms with E-state index in [1.807, 2.05) is 4.90 Å². The van der Waals surface area contributed by atoms with Gasteiger partial charge in [-0.1, -0.05) is 6.42 Å². The van der Waals surface area contributed by atoms with Crippen LogP contribution in [0.3, 0.4) is 0 Å². The second-order valence-corrected chi connectivity index (χ2v) is 8.14. The van der Waals surface area contributed by atoms with Crippen LogP contribution in [0.4, 0.5) is 17.3 Å². The molecule has 2 fully saturated rings. The van der Waals surface area contributed by atoms with Crippen LogP contribution < -0.4 is 20.7 Å². The lowest BCUT2D eigenvalue weighted by Crippen LogP contribution is -2.54. The van der Waals surface area contributed by atoms with Crippen LogP contribution in [0.2, 0.25) is 0 Å². The molecule has 0 bridgehead atoms. The minimum Gasteiger partial charge on any atom is -0.460 e. The predicted molar refractivity (Wildman–Crippen MR) is 112 cm³/mol. The van der Waals surface area contributed by atoms with Gasteiger partial charge < -0.3 is 30.2 Å². The summed E-state index contributed by atoms with van der Waals surface area (Å²) in [6.45, 7) is 4.30. The van der Waals surface area contributed by atoms with Crippen molar-refractivity contribution in [3.63, 3.8) is 0 Å². The zero-order chi connectivity index (χ0) is 20.3. The van der Waals surface area contributed by atoms with Gasteiger partial charge in [-0.3, -0.25) is 4.90 Å². The summed E-state index contributed by atoms with van der Waals surface area (Å²) < 4.78 is 17.3. The standard InChI is InChI=1S/C20H34N6O3/c1-27-20(28-2)24-16-17(21)22-19(29-15-9-8-10-15)23-18(16)26(20)14-7-6-13-25-11-4-3-5-12-25/h15,24H,3-14H2,1-2H3,(H2,21,22,23). The van der Waals surface area contributed by atoms with Gasteiger partial charge in [-0.2, -0.15) is 9.97 Å². The van der Waals surface area contributed by atoms with Crippen molar-refractivity contribution in [3.05, 3.63) is 0 Å². The highest BCUT2D eigenvalue weighted by molar-refractivity contribution is 5.82. The summed E-state index contributed by atoms with van der Waals surface area (Å²) in [5, 5.41) is 3.23. The number of nitrogens with zero attached hydrogens (tertiary/aromatic N) is 4. The van der Waals surface area contributed by atoms with Crippen LogP contribution in [0.1, 0.15) is 51.4 Å². The van der Waals surface area contributed by atoms with E-state index in [9.17, 15) is 0 Å². The first-order valence-corrected chi connectivity index (χ1v) is 10.9. The van der Waals surface area contributed by atoms with E-state index in [0.29, 0.717) is 23.3 Å². The Hall–Kier alpha value is -1.84. The number of ether oxygens (including phenoxy) is 3. The summed E-state index contributed by atoms with van der Waals surface area (Å²) in [7, 11) is 3.22. The van der Waals surface area contributed by atoms with Gasteiger partial charge in [0, 0.05) is 20.8 Å². The second kappa shape index (κ2) is 8.89. The number of aromatic nitrogens is 2. The van der Waals surface area contributed by atoms with Crippen LogP contribution in [0.5, 0.6) is 6.01 Å². The lowest BCUT2D eigenvalue weighted by molar-refractivity contribution is -0.181. The third kappa shape index (κ3) is 4.22. The molecule has 29 heavy (non-hydrogen) atoms. The lowest BCUT2D eigenvalue weighted by atomic mass is 9.96. The van der Waals surface area contributed by atoms with Gasteiger partial charge in [0.1, 0.15) is 11.8 Å². The van der Waals surface area contributed by atoms with Crippen molar-refractivity contribution in [2.45, 2.75) is 63.5 Å². The summed E-state index contributed by atoms with van der Waals surface area (Å²) in [5.74, 6) is 1.02. The highest BCUT2D eigenvalue weighted by atomic mass is 16.7. The Balaban J connectivity index is 1.46. The Kier molecular flexibility index (Phi) is 6.26. The fourth-order valence-corrected chi connectivity index (χ4v) is 4.26. The number of piperidine rings is 1. The number of rotatable bonds is 9. The fourth-order valence-electron chi connectivity index (χ4n) is 4.26. The van der Waals surface area contributed by atoms with Crippen LogP contribution in [0, 0.1) is 0 Å². The van der Waals surface area contributed by atoms with Gasteiger partial charge in [0.05, 0.1) is 0 Å². The maximum atomic E-state index is 6.21. The van der Waals surface area contributed by atoms with Crippen molar-refractivity contribution >= 4 is 17.3 Å². The quantitative estimate of drug-likeness (QED) is 0.473. The molecule has 0 atom stereocenters. The number of anilines is 3. The van der Waals surface area contributed by atoms with E-state index in [-0.39, 0.29) is 6.10 Å². The predicted octanol–water partition coefficient (Wildman–Crippen LogP) is 2.39. The average molecular weight is 407 g/mol. The number of hydrogen-bond acceptors (Lipinski definition) is 9. The maximum absolute atomic E-state index is 6.21. The Labute approximate surface area is 172 Å². The molecule has 4 rings (SSSR count). The second-order valence-electron chi connectivity index (χ2n) is 8.14. The summed E-state index contributed by atoms with van der Waals surface area (Å²) in [4.78, 5) is 13.5. The molecule has 2 aliphatic heterocycles. The molecular formula is C20H34N6O3. The number of hydrogen-bond donors (Lipinski definition) is 2. The van der Waals surface area contributed by atoms with Crippen molar-refractivity contribution in [2.24, 2.45) is 0 Å². The first kappa shape index (κ1) is 20.4. The van der Waals surface area contributed by atoms with E-state index in [1.165, 1.54) is 38.8 Å². The Morgan fingerprint density at radius 2 is 1.76 bits per heavy atom. The molecule has 0 amide bonds. The molecule has 1 aromatic heterocycles. The smallest absolute Gasteiger partial charge is 0.341 e. The van der Waals surface area contributed by atoms with Gasteiger partial charge in [-0.25, -0.2) is 0 Å². The summed E-state index contributed by atoms with van der Waals surface area (Å²) >= 11 is 0. The minimum absolute atomic E-state index is 0.189. The highest BCUT2D eigenvalue weighted by Gasteiger charge is 2.47. The number of unbranched alkanes of at least 4 members (excludes halogenated alkanes) is 1. The van der Waals surface area contributed by atoms with Gasteiger partial charge in [0.25, 0.3) is 0 Å². The average Bonchev–Trinajstić information content (AvgIpc) is 3.03. The van der Waals surface area contributed by atoms with E-state index >= 15 is 0 Å². The SMILES string of the molecule is COC1(OC)Nc2c(N)nc(OC3CCC3)nc2N1CCCCN1CCCCC1.